The van der Waals surface area contributed by atoms with Gasteiger partial charge < -0.3 is 9.88 Å². The maximum atomic E-state index is 14.1. The Bertz CT molecular complexity index is 725. The Morgan fingerprint density at radius 2 is 2.12 bits per heavy atom. The van der Waals surface area contributed by atoms with Gasteiger partial charge in [0.1, 0.15) is 12.2 Å². The second kappa shape index (κ2) is 6.37. The molecule has 1 aliphatic heterocycles. The van der Waals surface area contributed by atoms with Gasteiger partial charge in [-0.05, 0) is 18.8 Å². The number of rotatable bonds is 4. The lowest BCUT2D eigenvalue weighted by atomic mass is 9.99. The Kier molecular flexibility index (Phi) is 4.42. The molecule has 2 aromatic rings. The molecule has 0 unspecified atom stereocenters. The minimum absolute atomic E-state index is 0.0761. The van der Waals surface area contributed by atoms with Gasteiger partial charge in [-0.15, -0.1) is 0 Å². The summed E-state index contributed by atoms with van der Waals surface area (Å²) in [7, 11) is 0. The number of imidazole rings is 1. The zero-order valence-corrected chi connectivity index (χ0v) is 13.1. The van der Waals surface area contributed by atoms with Crippen LogP contribution in [-0.2, 0) is 25.6 Å². The second-order valence-electron chi connectivity index (χ2n) is 5.81. The number of nitrogens with one attached hydrogen (secondary N) is 1. The van der Waals surface area contributed by atoms with E-state index in [0.29, 0.717) is 43.9 Å². The molecule has 0 saturated carbocycles. The van der Waals surface area contributed by atoms with Gasteiger partial charge in [0.25, 0.3) is 0 Å². The van der Waals surface area contributed by atoms with Gasteiger partial charge in [0.05, 0.1) is 5.69 Å². The van der Waals surface area contributed by atoms with Crippen molar-refractivity contribution in [2.24, 2.45) is 5.92 Å². The van der Waals surface area contributed by atoms with Gasteiger partial charge >= 0.3 is 6.18 Å². The number of hydrogen-bond donors (Lipinski definition) is 1. The molecular formula is C15H17F4N5. The van der Waals surface area contributed by atoms with Crippen molar-refractivity contribution in [3.05, 3.63) is 35.6 Å². The first-order chi connectivity index (χ1) is 11.4. The lowest BCUT2D eigenvalue weighted by molar-refractivity contribution is -0.141. The first kappa shape index (κ1) is 16.7. The van der Waals surface area contributed by atoms with E-state index in [0.717, 1.165) is 6.20 Å². The lowest BCUT2D eigenvalue weighted by Crippen LogP contribution is -2.26. The molecule has 0 bridgehead atoms. The number of hydrogen-bond acceptors (Lipinski definition) is 4. The average Bonchev–Trinajstić information content (AvgIpc) is 2.97. The lowest BCUT2D eigenvalue weighted by Gasteiger charge is -2.24. The van der Waals surface area contributed by atoms with E-state index >= 15 is 0 Å². The van der Waals surface area contributed by atoms with Crippen molar-refractivity contribution in [1.82, 2.24) is 19.5 Å². The van der Waals surface area contributed by atoms with E-state index in [-0.39, 0.29) is 11.7 Å². The van der Waals surface area contributed by atoms with E-state index in [1.54, 1.807) is 6.92 Å². The van der Waals surface area contributed by atoms with E-state index in [2.05, 4.69) is 20.3 Å². The summed E-state index contributed by atoms with van der Waals surface area (Å²) >= 11 is 0. The van der Waals surface area contributed by atoms with Crippen LogP contribution in [-0.4, -0.2) is 26.1 Å². The highest BCUT2D eigenvalue weighted by Gasteiger charge is 2.35. The zero-order chi connectivity index (χ0) is 17.3. The number of halogens is 4. The normalized spacial score (nSPS) is 17.6. The minimum atomic E-state index is -4.43. The SMILES string of the molecule is CCc1ncnc(NC[C@@H]2CCc3nc(C(F)(F)F)cn3C2)c1F. The molecular weight excluding hydrogens is 326 g/mol. The highest BCUT2D eigenvalue weighted by Crippen LogP contribution is 2.30. The van der Waals surface area contributed by atoms with Crippen LogP contribution in [0.25, 0.3) is 0 Å². The topological polar surface area (TPSA) is 55.6 Å². The quantitative estimate of drug-likeness (QED) is 0.867. The third kappa shape index (κ3) is 3.34. The fourth-order valence-electron chi connectivity index (χ4n) is 2.83. The maximum absolute atomic E-state index is 14.1. The van der Waals surface area contributed by atoms with Crippen molar-refractivity contribution in [3.8, 4) is 0 Å². The molecule has 9 heteroatoms. The van der Waals surface area contributed by atoms with E-state index in [1.807, 2.05) is 0 Å². The van der Waals surface area contributed by atoms with Crippen LogP contribution in [0.4, 0.5) is 23.4 Å². The van der Waals surface area contributed by atoms with Crippen LogP contribution in [0.2, 0.25) is 0 Å². The molecule has 2 aromatic heterocycles. The molecule has 1 N–H and O–H groups in total. The van der Waals surface area contributed by atoms with Crippen molar-refractivity contribution in [2.45, 2.75) is 38.9 Å². The number of alkyl halides is 3. The van der Waals surface area contributed by atoms with Crippen molar-refractivity contribution < 1.29 is 17.6 Å². The summed E-state index contributed by atoms with van der Waals surface area (Å²) < 4.78 is 53.7. The molecule has 0 saturated heterocycles. The average molecular weight is 343 g/mol. The molecule has 0 aromatic carbocycles. The molecule has 0 aliphatic carbocycles. The molecule has 1 atom stereocenters. The smallest absolute Gasteiger partial charge is 0.367 e. The van der Waals surface area contributed by atoms with Gasteiger partial charge in [0, 0.05) is 25.7 Å². The first-order valence-electron chi connectivity index (χ1n) is 7.75. The second-order valence-corrected chi connectivity index (χ2v) is 5.81. The van der Waals surface area contributed by atoms with E-state index in [9.17, 15) is 17.6 Å². The number of nitrogens with zero attached hydrogens (tertiary/aromatic N) is 4. The van der Waals surface area contributed by atoms with Crippen LogP contribution < -0.4 is 5.32 Å². The summed E-state index contributed by atoms with van der Waals surface area (Å²) in [4.78, 5) is 11.4. The van der Waals surface area contributed by atoms with Gasteiger partial charge in [0.2, 0.25) is 0 Å². The molecule has 1 aliphatic rings. The minimum Gasteiger partial charge on any atom is -0.367 e. The largest absolute Gasteiger partial charge is 0.434 e. The van der Waals surface area contributed by atoms with Crippen LogP contribution >= 0.6 is 0 Å². The zero-order valence-electron chi connectivity index (χ0n) is 13.1. The van der Waals surface area contributed by atoms with Crippen molar-refractivity contribution in [1.29, 1.82) is 0 Å². The van der Waals surface area contributed by atoms with E-state index < -0.39 is 17.7 Å². The van der Waals surface area contributed by atoms with Gasteiger partial charge in [-0.2, -0.15) is 13.2 Å². The van der Waals surface area contributed by atoms with E-state index in [4.69, 9.17) is 0 Å². The maximum Gasteiger partial charge on any atom is 0.434 e. The van der Waals surface area contributed by atoms with Gasteiger partial charge in [0.15, 0.2) is 17.3 Å². The molecule has 0 radical (unpaired) electrons. The van der Waals surface area contributed by atoms with Crippen LogP contribution in [0.1, 0.15) is 30.6 Å². The fraction of sp³-hybridized carbons (Fsp3) is 0.533. The van der Waals surface area contributed by atoms with Gasteiger partial charge in [-0.25, -0.2) is 19.3 Å². The highest BCUT2D eigenvalue weighted by molar-refractivity contribution is 5.37. The van der Waals surface area contributed by atoms with Crippen molar-refractivity contribution in [3.63, 3.8) is 0 Å². The molecule has 130 valence electrons. The summed E-state index contributed by atoms with van der Waals surface area (Å²) in [5, 5.41) is 2.94. The number of aryl methyl sites for hydroxylation is 2. The Balaban J connectivity index is 1.65. The molecule has 3 rings (SSSR count). The molecule has 0 amide bonds. The van der Waals surface area contributed by atoms with Gasteiger partial charge in [-0.3, -0.25) is 0 Å². The summed E-state index contributed by atoms with van der Waals surface area (Å²) in [5.41, 5.74) is -0.525. The van der Waals surface area contributed by atoms with Crippen LogP contribution in [0.3, 0.4) is 0 Å². The number of aromatic nitrogens is 4. The molecule has 5 nitrogen and oxygen atoms in total. The highest BCUT2D eigenvalue weighted by atomic mass is 19.4. The van der Waals surface area contributed by atoms with Crippen LogP contribution in [0, 0.1) is 11.7 Å². The van der Waals surface area contributed by atoms with Gasteiger partial charge in [-0.1, -0.05) is 6.92 Å². The van der Waals surface area contributed by atoms with Crippen molar-refractivity contribution in [2.75, 3.05) is 11.9 Å². The third-order valence-corrected chi connectivity index (χ3v) is 4.14. The standard InChI is InChI=1S/C15H17F4N5/c1-2-10-13(16)14(22-8-21-10)20-5-9-3-4-12-23-11(15(17,18)19)7-24(12)6-9/h7-9H,2-6H2,1H3,(H,20,21,22)/t9-/m0/s1. The van der Waals surface area contributed by atoms with Crippen LogP contribution in [0.15, 0.2) is 12.5 Å². The molecule has 0 fully saturated rings. The summed E-state index contributed by atoms with van der Waals surface area (Å²) in [5.74, 6) is 0.181. The Morgan fingerprint density at radius 3 is 2.83 bits per heavy atom. The van der Waals surface area contributed by atoms with E-state index in [1.165, 1.54) is 10.9 Å². The van der Waals surface area contributed by atoms with Crippen LogP contribution in [0.5, 0.6) is 0 Å². The Labute approximate surface area is 136 Å². The summed E-state index contributed by atoms with van der Waals surface area (Å²) in [6.45, 7) is 2.64. The predicted octanol–water partition coefficient (Wildman–Crippen LogP) is 3.07. The third-order valence-electron chi connectivity index (χ3n) is 4.14. The molecule has 0 spiro atoms. The monoisotopic (exact) mass is 343 g/mol. The predicted molar refractivity (Wildman–Crippen MR) is 78.9 cm³/mol. The molecule has 24 heavy (non-hydrogen) atoms. The Hall–Kier alpha value is -2.19. The first-order valence-corrected chi connectivity index (χ1v) is 7.75. The molecule has 3 heterocycles. The fourth-order valence-corrected chi connectivity index (χ4v) is 2.83. The Morgan fingerprint density at radius 1 is 1.33 bits per heavy atom. The number of fused-ring (bicyclic) bond motifs is 1. The summed E-state index contributed by atoms with van der Waals surface area (Å²) in [6, 6.07) is 0. The van der Waals surface area contributed by atoms with Crippen molar-refractivity contribution >= 4 is 5.82 Å². The number of anilines is 1. The summed E-state index contributed by atoms with van der Waals surface area (Å²) in [6.07, 6.45) is -0.468.